The average Bonchev–Trinajstić information content (AvgIpc) is 2.71. The lowest BCUT2D eigenvalue weighted by Crippen LogP contribution is -2.41. The van der Waals surface area contributed by atoms with Gasteiger partial charge in [-0.3, -0.25) is 4.79 Å². The number of benzene rings is 2. The summed E-state index contributed by atoms with van der Waals surface area (Å²) in [5.41, 5.74) is 2.92. The molecule has 3 aromatic rings. The van der Waals surface area contributed by atoms with Crippen LogP contribution >= 0.6 is 0 Å². The average molecular weight is 405 g/mol. The Hall–Kier alpha value is -3.61. The molecule has 0 bridgehead atoms. The van der Waals surface area contributed by atoms with Crippen molar-refractivity contribution in [2.45, 2.75) is 32.2 Å². The molecule has 1 aliphatic rings. The van der Waals surface area contributed by atoms with Crippen molar-refractivity contribution in [1.29, 1.82) is 0 Å². The van der Waals surface area contributed by atoms with Crippen molar-refractivity contribution in [2.75, 3.05) is 6.61 Å². The first kappa shape index (κ1) is 19.7. The molecule has 1 fully saturated rings. The zero-order chi connectivity index (χ0) is 21.1. The highest BCUT2D eigenvalue weighted by Gasteiger charge is 2.19. The highest BCUT2D eigenvalue weighted by molar-refractivity contribution is 5.78. The fourth-order valence-electron chi connectivity index (χ4n) is 3.28. The third-order valence-electron chi connectivity index (χ3n) is 5.24. The standard InChI is InChI=1S/C23H23N3O4/c1-14-11-16(7-10-21(14)27)20-12-19(25-23(29)26-20)15-5-8-18(9-6-15)30-13-22(28)24-17-3-2-4-17/h5-12,17,27H,2-4,13H2,1H3,(H,24,28)(H,25,26,29). The fourth-order valence-corrected chi connectivity index (χ4v) is 3.28. The number of amides is 1. The maximum atomic E-state index is 12.1. The van der Waals surface area contributed by atoms with Gasteiger partial charge in [0.25, 0.3) is 5.91 Å². The zero-order valence-electron chi connectivity index (χ0n) is 16.6. The fraction of sp³-hybridized carbons (Fsp3) is 0.261. The molecule has 0 radical (unpaired) electrons. The Morgan fingerprint density at radius 2 is 1.90 bits per heavy atom. The van der Waals surface area contributed by atoms with Gasteiger partial charge in [0.15, 0.2) is 6.61 Å². The first-order valence-corrected chi connectivity index (χ1v) is 9.92. The van der Waals surface area contributed by atoms with Gasteiger partial charge in [-0.2, -0.15) is 4.98 Å². The van der Waals surface area contributed by atoms with E-state index in [-0.39, 0.29) is 18.3 Å². The van der Waals surface area contributed by atoms with Gasteiger partial charge in [-0.25, -0.2) is 4.79 Å². The number of nitrogens with one attached hydrogen (secondary N) is 2. The molecular formula is C23H23N3O4. The highest BCUT2D eigenvalue weighted by Crippen LogP contribution is 2.26. The molecule has 30 heavy (non-hydrogen) atoms. The molecule has 0 atom stereocenters. The first-order valence-electron chi connectivity index (χ1n) is 9.92. The molecule has 1 saturated carbocycles. The molecule has 3 N–H and O–H groups in total. The second-order valence-electron chi connectivity index (χ2n) is 7.49. The third-order valence-corrected chi connectivity index (χ3v) is 5.24. The lowest BCUT2D eigenvalue weighted by Gasteiger charge is -2.26. The number of aromatic hydroxyl groups is 1. The maximum absolute atomic E-state index is 12.1. The Bertz CT molecular complexity index is 1120. The maximum Gasteiger partial charge on any atom is 0.345 e. The number of nitrogens with zero attached hydrogens (tertiary/aromatic N) is 1. The van der Waals surface area contributed by atoms with E-state index in [0.29, 0.717) is 28.7 Å². The number of ether oxygens (including phenoxy) is 1. The Labute approximate surface area is 173 Å². The van der Waals surface area contributed by atoms with Gasteiger partial charge in [-0.15, -0.1) is 0 Å². The van der Waals surface area contributed by atoms with Crippen molar-refractivity contribution in [2.24, 2.45) is 0 Å². The Morgan fingerprint density at radius 1 is 1.17 bits per heavy atom. The van der Waals surface area contributed by atoms with Gasteiger partial charge in [0.05, 0.1) is 11.4 Å². The van der Waals surface area contributed by atoms with Gasteiger partial charge >= 0.3 is 5.69 Å². The topological polar surface area (TPSA) is 104 Å². The molecule has 2 aromatic carbocycles. The number of rotatable bonds is 6. The molecule has 0 saturated heterocycles. The second-order valence-corrected chi connectivity index (χ2v) is 7.49. The monoisotopic (exact) mass is 405 g/mol. The smallest absolute Gasteiger partial charge is 0.345 e. The number of aromatic amines is 1. The Balaban J connectivity index is 1.48. The van der Waals surface area contributed by atoms with E-state index < -0.39 is 5.69 Å². The van der Waals surface area contributed by atoms with Crippen LogP contribution in [0.4, 0.5) is 0 Å². The SMILES string of the molecule is Cc1cc(-c2cc(-c3ccc(OCC(=O)NC4CCC4)cc3)[nH]c(=O)n2)ccc1O. The van der Waals surface area contributed by atoms with Crippen LogP contribution in [0.1, 0.15) is 24.8 Å². The van der Waals surface area contributed by atoms with Crippen LogP contribution in [0.15, 0.2) is 53.3 Å². The van der Waals surface area contributed by atoms with E-state index in [4.69, 9.17) is 4.74 Å². The van der Waals surface area contributed by atoms with Crippen molar-refractivity contribution in [3.05, 3.63) is 64.6 Å². The van der Waals surface area contributed by atoms with Gasteiger partial charge in [0.2, 0.25) is 0 Å². The van der Waals surface area contributed by atoms with E-state index in [9.17, 15) is 14.7 Å². The minimum Gasteiger partial charge on any atom is -0.508 e. The van der Waals surface area contributed by atoms with E-state index in [0.717, 1.165) is 24.0 Å². The van der Waals surface area contributed by atoms with Crippen LogP contribution in [0.2, 0.25) is 0 Å². The highest BCUT2D eigenvalue weighted by atomic mass is 16.5. The number of phenols is 1. The van der Waals surface area contributed by atoms with E-state index >= 15 is 0 Å². The summed E-state index contributed by atoms with van der Waals surface area (Å²) < 4.78 is 5.55. The zero-order valence-corrected chi connectivity index (χ0v) is 16.6. The summed E-state index contributed by atoms with van der Waals surface area (Å²) in [6.45, 7) is 1.77. The predicted molar refractivity (Wildman–Crippen MR) is 113 cm³/mol. The molecule has 154 valence electrons. The van der Waals surface area contributed by atoms with Crippen molar-refractivity contribution >= 4 is 5.91 Å². The van der Waals surface area contributed by atoms with Crippen LogP contribution in [0.3, 0.4) is 0 Å². The van der Waals surface area contributed by atoms with Crippen molar-refractivity contribution in [3.63, 3.8) is 0 Å². The summed E-state index contributed by atoms with van der Waals surface area (Å²) in [5, 5.41) is 12.6. The van der Waals surface area contributed by atoms with Crippen LogP contribution < -0.4 is 15.7 Å². The van der Waals surface area contributed by atoms with E-state index in [1.807, 2.05) is 12.1 Å². The van der Waals surface area contributed by atoms with Gasteiger partial charge in [-0.05, 0) is 85.8 Å². The summed E-state index contributed by atoms with van der Waals surface area (Å²) >= 11 is 0. The van der Waals surface area contributed by atoms with Crippen molar-refractivity contribution < 1.29 is 14.6 Å². The molecular weight excluding hydrogens is 382 g/mol. The summed E-state index contributed by atoms with van der Waals surface area (Å²) in [5.74, 6) is 0.658. The number of carbonyl (C=O) groups is 1. The van der Waals surface area contributed by atoms with Crippen LogP contribution in [-0.2, 0) is 4.79 Å². The number of hydrogen-bond acceptors (Lipinski definition) is 5. The molecule has 1 heterocycles. The minimum absolute atomic E-state index is 0.0215. The molecule has 1 aliphatic carbocycles. The number of H-pyrrole nitrogens is 1. The van der Waals surface area contributed by atoms with Crippen molar-refractivity contribution in [3.8, 4) is 34.0 Å². The number of phenolic OH excluding ortho intramolecular Hbond substituents is 1. The first-order chi connectivity index (χ1) is 14.5. The normalized spacial score (nSPS) is 13.5. The lowest BCUT2D eigenvalue weighted by atomic mass is 9.93. The number of hydrogen-bond donors (Lipinski definition) is 3. The summed E-state index contributed by atoms with van der Waals surface area (Å²) in [6, 6.07) is 14.3. The van der Waals surface area contributed by atoms with Gasteiger partial charge in [0.1, 0.15) is 11.5 Å². The lowest BCUT2D eigenvalue weighted by molar-refractivity contribution is -0.124. The molecule has 0 unspecified atom stereocenters. The van der Waals surface area contributed by atoms with Crippen LogP contribution in [0.25, 0.3) is 22.5 Å². The molecule has 4 rings (SSSR count). The van der Waals surface area contributed by atoms with Gasteiger partial charge in [0, 0.05) is 11.6 Å². The van der Waals surface area contributed by atoms with E-state index in [1.165, 1.54) is 6.42 Å². The number of aryl methyl sites for hydroxylation is 1. The molecule has 1 amide bonds. The summed E-state index contributed by atoms with van der Waals surface area (Å²) in [6.07, 6.45) is 3.24. The second kappa shape index (κ2) is 8.41. The molecule has 0 aliphatic heterocycles. The Kier molecular flexibility index (Phi) is 5.52. The van der Waals surface area contributed by atoms with Gasteiger partial charge in [-0.1, -0.05) is 0 Å². The molecule has 1 aromatic heterocycles. The van der Waals surface area contributed by atoms with Crippen LogP contribution in [0.5, 0.6) is 11.5 Å². The third kappa shape index (κ3) is 4.51. The quantitative estimate of drug-likeness (QED) is 0.584. The molecule has 7 heteroatoms. The molecule has 7 nitrogen and oxygen atoms in total. The summed E-state index contributed by atoms with van der Waals surface area (Å²) in [4.78, 5) is 30.7. The van der Waals surface area contributed by atoms with E-state index in [1.54, 1.807) is 43.3 Å². The molecule has 0 spiro atoms. The predicted octanol–water partition coefficient (Wildman–Crippen LogP) is 3.17. The van der Waals surface area contributed by atoms with Crippen molar-refractivity contribution in [1.82, 2.24) is 15.3 Å². The number of aromatic nitrogens is 2. The van der Waals surface area contributed by atoms with Crippen LogP contribution in [0, 0.1) is 6.92 Å². The summed E-state index contributed by atoms with van der Waals surface area (Å²) in [7, 11) is 0. The van der Waals surface area contributed by atoms with Crippen LogP contribution in [-0.4, -0.2) is 33.6 Å². The number of carbonyl (C=O) groups excluding carboxylic acids is 1. The minimum atomic E-state index is -0.457. The Morgan fingerprint density at radius 3 is 2.57 bits per heavy atom. The van der Waals surface area contributed by atoms with E-state index in [2.05, 4.69) is 15.3 Å². The largest absolute Gasteiger partial charge is 0.508 e. The van der Waals surface area contributed by atoms with Gasteiger partial charge < -0.3 is 20.1 Å².